The Morgan fingerprint density at radius 2 is 1.90 bits per heavy atom. The van der Waals surface area contributed by atoms with E-state index in [0.717, 1.165) is 0 Å². The molecule has 0 aliphatic rings. The number of fused-ring (bicyclic) bond motifs is 1. The van der Waals surface area contributed by atoms with E-state index in [2.05, 4.69) is 15.2 Å². The van der Waals surface area contributed by atoms with Crippen LogP contribution in [-0.2, 0) is 4.74 Å². The van der Waals surface area contributed by atoms with Crippen LogP contribution in [0.3, 0.4) is 0 Å². The molecule has 0 saturated heterocycles. The van der Waals surface area contributed by atoms with Gasteiger partial charge in [-0.2, -0.15) is 0 Å². The summed E-state index contributed by atoms with van der Waals surface area (Å²) in [7, 11) is 0. The first kappa shape index (κ1) is 19.0. The van der Waals surface area contributed by atoms with E-state index in [1.54, 1.807) is 31.2 Å². The summed E-state index contributed by atoms with van der Waals surface area (Å²) in [6, 6.07) is 13.7. The lowest BCUT2D eigenvalue weighted by molar-refractivity contribution is -0.384. The third-order valence-electron chi connectivity index (χ3n) is 4.37. The molecule has 0 spiro atoms. The second-order valence-corrected chi connectivity index (χ2v) is 6.39. The summed E-state index contributed by atoms with van der Waals surface area (Å²) in [4.78, 5) is 37.4. The number of aromatic amines is 1. The van der Waals surface area contributed by atoms with Crippen LogP contribution in [0.1, 0.15) is 29.3 Å². The first-order valence-corrected chi connectivity index (χ1v) is 8.83. The van der Waals surface area contributed by atoms with E-state index in [9.17, 15) is 19.7 Å². The van der Waals surface area contributed by atoms with Gasteiger partial charge in [0, 0.05) is 34.7 Å². The number of non-ortho nitro benzene ring substituents is 1. The molecule has 1 N–H and O–H groups in total. The van der Waals surface area contributed by atoms with Crippen molar-refractivity contribution >= 4 is 22.6 Å². The molecular weight excluding hydrogens is 392 g/mol. The first-order valence-electron chi connectivity index (χ1n) is 8.83. The number of esters is 1. The van der Waals surface area contributed by atoms with Crippen LogP contribution in [0.4, 0.5) is 5.69 Å². The van der Waals surface area contributed by atoms with Crippen molar-refractivity contribution in [3.8, 4) is 11.5 Å². The molecule has 2 heterocycles. The highest BCUT2D eigenvalue weighted by Crippen LogP contribution is 2.25. The summed E-state index contributed by atoms with van der Waals surface area (Å²) in [5, 5.41) is 19.1. The van der Waals surface area contributed by atoms with E-state index in [-0.39, 0.29) is 23.0 Å². The number of hydrogen-bond donors (Lipinski definition) is 1. The molecule has 0 aliphatic heterocycles. The van der Waals surface area contributed by atoms with Gasteiger partial charge in [-0.05, 0) is 25.1 Å². The molecule has 150 valence electrons. The Kier molecular flexibility index (Phi) is 4.80. The van der Waals surface area contributed by atoms with Crippen molar-refractivity contribution in [2.75, 3.05) is 0 Å². The molecule has 0 aliphatic carbocycles. The second kappa shape index (κ2) is 7.59. The van der Waals surface area contributed by atoms with Gasteiger partial charge in [0.05, 0.1) is 10.5 Å². The van der Waals surface area contributed by atoms with Gasteiger partial charge >= 0.3 is 5.97 Å². The van der Waals surface area contributed by atoms with Crippen molar-refractivity contribution < 1.29 is 18.9 Å². The number of nitro groups is 1. The lowest BCUT2D eigenvalue weighted by atomic mass is 10.1. The van der Waals surface area contributed by atoms with Crippen LogP contribution in [-0.4, -0.2) is 26.1 Å². The molecule has 2 aromatic carbocycles. The van der Waals surface area contributed by atoms with E-state index < -0.39 is 22.6 Å². The number of carbonyl (C=O) groups is 1. The normalized spacial score (nSPS) is 11.9. The van der Waals surface area contributed by atoms with Gasteiger partial charge in [-0.3, -0.25) is 14.9 Å². The van der Waals surface area contributed by atoms with Gasteiger partial charge in [0.1, 0.15) is 0 Å². The number of aromatic nitrogens is 3. The van der Waals surface area contributed by atoms with Gasteiger partial charge in [-0.1, -0.05) is 18.2 Å². The number of ether oxygens (including phenoxy) is 1. The van der Waals surface area contributed by atoms with Crippen LogP contribution < -0.4 is 5.56 Å². The molecule has 0 fully saturated rings. The molecule has 0 bridgehead atoms. The molecule has 4 rings (SSSR count). The maximum absolute atomic E-state index is 12.6. The Hall–Kier alpha value is -4.34. The third-order valence-corrected chi connectivity index (χ3v) is 4.37. The average molecular weight is 406 g/mol. The minimum atomic E-state index is -0.880. The fraction of sp³-hybridized carbons (Fsp3) is 0.100. The van der Waals surface area contributed by atoms with E-state index in [1.807, 2.05) is 0 Å². The van der Waals surface area contributed by atoms with Crippen molar-refractivity contribution in [2.45, 2.75) is 13.0 Å². The quantitative estimate of drug-likeness (QED) is 0.302. The Morgan fingerprint density at radius 1 is 1.17 bits per heavy atom. The molecular formula is C20H14N4O6. The van der Waals surface area contributed by atoms with Crippen molar-refractivity contribution in [3.63, 3.8) is 0 Å². The summed E-state index contributed by atoms with van der Waals surface area (Å²) in [5.74, 6) is -0.532. The van der Waals surface area contributed by atoms with Gasteiger partial charge in [0.2, 0.25) is 11.4 Å². The van der Waals surface area contributed by atoms with Crippen LogP contribution in [0.5, 0.6) is 0 Å². The minimum absolute atomic E-state index is 0.0471. The van der Waals surface area contributed by atoms with E-state index in [1.165, 1.54) is 30.3 Å². The van der Waals surface area contributed by atoms with Crippen LogP contribution in [0.2, 0.25) is 0 Å². The topological polar surface area (TPSA) is 141 Å². The highest BCUT2D eigenvalue weighted by atomic mass is 16.6. The zero-order chi connectivity index (χ0) is 21.3. The number of H-pyrrole nitrogens is 1. The number of para-hydroxylation sites is 1. The van der Waals surface area contributed by atoms with Crippen molar-refractivity contribution in [2.24, 2.45) is 0 Å². The van der Waals surface area contributed by atoms with E-state index in [0.29, 0.717) is 16.5 Å². The highest BCUT2D eigenvalue weighted by Gasteiger charge is 2.22. The van der Waals surface area contributed by atoms with Crippen molar-refractivity contribution in [1.29, 1.82) is 0 Å². The molecule has 30 heavy (non-hydrogen) atoms. The van der Waals surface area contributed by atoms with Crippen LogP contribution in [0.15, 0.2) is 63.8 Å². The standard InChI is InChI=1S/C20H14N4O6/c1-11(18-22-23-19(30-18)12-6-8-13(9-7-12)24(27)28)29-20(26)15-10-17(25)21-16-5-3-2-4-14(15)16/h2-11H,1H3,(H,21,25)/t11-/m1/s1. The first-order chi connectivity index (χ1) is 14.4. The molecule has 10 heteroatoms. The molecule has 2 aromatic heterocycles. The summed E-state index contributed by atoms with van der Waals surface area (Å²) in [6.45, 7) is 1.56. The Bertz CT molecular complexity index is 1310. The summed E-state index contributed by atoms with van der Waals surface area (Å²) >= 11 is 0. The van der Waals surface area contributed by atoms with Gasteiger partial charge in [0.15, 0.2) is 6.10 Å². The molecule has 4 aromatic rings. The number of nitrogens with one attached hydrogen (secondary N) is 1. The lowest BCUT2D eigenvalue weighted by Gasteiger charge is -2.10. The van der Waals surface area contributed by atoms with Gasteiger partial charge < -0.3 is 14.1 Å². The summed E-state index contributed by atoms with van der Waals surface area (Å²) in [6.07, 6.45) is -0.880. The molecule has 0 amide bonds. The largest absolute Gasteiger partial charge is 0.449 e. The van der Waals surface area contributed by atoms with E-state index in [4.69, 9.17) is 9.15 Å². The Labute approximate surface area is 168 Å². The fourth-order valence-electron chi connectivity index (χ4n) is 2.89. The molecule has 10 nitrogen and oxygen atoms in total. The van der Waals surface area contributed by atoms with Crippen molar-refractivity contribution in [3.05, 3.63) is 86.5 Å². The maximum atomic E-state index is 12.6. The number of nitro benzene ring substituents is 1. The van der Waals surface area contributed by atoms with Gasteiger partial charge in [-0.25, -0.2) is 4.79 Å². The minimum Gasteiger partial charge on any atom is -0.449 e. The highest BCUT2D eigenvalue weighted by molar-refractivity contribution is 6.03. The van der Waals surface area contributed by atoms with Crippen LogP contribution in [0.25, 0.3) is 22.4 Å². The van der Waals surface area contributed by atoms with E-state index >= 15 is 0 Å². The number of pyridine rings is 1. The molecule has 0 unspecified atom stereocenters. The predicted octanol–water partition coefficient (Wildman–Crippen LogP) is 3.40. The number of carbonyl (C=O) groups excluding carboxylic acids is 1. The van der Waals surface area contributed by atoms with Gasteiger partial charge in [-0.15, -0.1) is 10.2 Å². The number of hydrogen-bond acceptors (Lipinski definition) is 8. The maximum Gasteiger partial charge on any atom is 0.339 e. The zero-order valence-corrected chi connectivity index (χ0v) is 15.6. The smallest absolute Gasteiger partial charge is 0.339 e. The Morgan fingerprint density at radius 3 is 2.63 bits per heavy atom. The summed E-state index contributed by atoms with van der Waals surface area (Å²) < 4.78 is 11.0. The SMILES string of the molecule is C[C@@H](OC(=O)c1cc(=O)[nH]c2ccccc12)c1nnc(-c2ccc([N+](=O)[O-])cc2)o1. The molecule has 0 radical (unpaired) electrons. The predicted molar refractivity (Wildman–Crippen MR) is 105 cm³/mol. The average Bonchev–Trinajstić information content (AvgIpc) is 3.23. The van der Waals surface area contributed by atoms with Crippen LogP contribution in [0, 0.1) is 10.1 Å². The van der Waals surface area contributed by atoms with Gasteiger partial charge in [0.25, 0.3) is 11.6 Å². The molecule has 0 saturated carbocycles. The zero-order valence-electron chi connectivity index (χ0n) is 15.6. The number of rotatable bonds is 5. The number of benzene rings is 2. The molecule has 1 atom stereocenters. The fourth-order valence-corrected chi connectivity index (χ4v) is 2.89. The van der Waals surface area contributed by atoms with Crippen LogP contribution >= 0.6 is 0 Å². The second-order valence-electron chi connectivity index (χ2n) is 6.39. The third kappa shape index (κ3) is 3.65. The van der Waals surface area contributed by atoms with Crippen molar-refractivity contribution in [1.82, 2.24) is 15.2 Å². The number of nitrogens with zero attached hydrogens (tertiary/aromatic N) is 3. The Balaban J connectivity index is 1.55. The monoisotopic (exact) mass is 406 g/mol. The lowest BCUT2D eigenvalue weighted by Crippen LogP contribution is -2.14. The summed E-state index contributed by atoms with van der Waals surface area (Å²) in [5.41, 5.74) is 0.634.